The second-order valence-electron chi connectivity index (χ2n) is 5.59. The molecule has 3 nitrogen and oxygen atoms in total. The molecular weight excluding hydrogens is 252 g/mol. The zero-order valence-corrected chi connectivity index (χ0v) is 13.1. The van der Waals surface area contributed by atoms with Gasteiger partial charge < -0.3 is 10.2 Å². The highest BCUT2D eigenvalue weighted by Gasteiger charge is 1.98. The number of carboxylic acid groups (broad SMARTS) is 1. The molecule has 0 atom stereocenters. The number of unbranched alkanes of at least 4 members (excludes halogenated alkanes) is 11. The van der Waals surface area contributed by atoms with Crippen LogP contribution >= 0.6 is 0 Å². The Morgan fingerprint density at radius 3 is 1.60 bits per heavy atom. The summed E-state index contributed by atoms with van der Waals surface area (Å²) < 4.78 is 0. The minimum absolute atomic E-state index is 0.335. The van der Waals surface area contributed by atoms with Crippen LogP contribution in [0.1, 0.15) is 84.0 Å². The van der Waals surface area contributed by atoms with Gasteiger partial charge in [-0.05, 0) is 26.2 Å². The van der Waals surface area contributed by atoms with E-state index in [0.717, 1.165) is 19.3 Å². The van der Waals surface area contributed by atoms with Gasteiger partial charge in [0, 0.05) is 12.2 Å². The molecule has 0 amide bonds. The van der Waals surface area contributed by atoms with Crippen molar-refractivity contribution in [1.82, 2.24) is 0 Å². The number of aliphatic hydroxyl groups excluding tert-OH is 1. The number of allylic oxidation sites excluding steroid dienone is 1. The van der Waals surface area contributed by atoms with Gasteiger partial charge in [-0.2, -0.15) is 0 Å². The average molecular weight is 284 g/mol. The zero-order chi connectivity index (χ0) is 15.1. The molecule has 20 heavy (non-hydrogen) atoms. The summed E-state index contributed by atoms with van der Waals surface area (Å²) >= 11 is 0. The molecule has 0 aliphatic heterocycles. The fraction of sp³-hybridized carbons (Fsp3) is 0.824. The molecule has 0 radical (unpaired) electrons. The Kier molecular flexibility index (Phi) is 14.0. The van der Waals surface area contributed by atoms with E-state index >= 15 is 0 Å². The highest BCUT2D eigenvalue weighted by Crippen LogP contribution is 2.12. The minimum atomic E-state index is -0.802. The smallest absolute Gasteiger partial charge is 0.330 e. The van der Waals surface area contributed by atoms with Crippen LogP contribution in [-0.2, 0) is 4.79 Å². The van der Waals surface area contributed by atoms with Crippen molar-refractivity contribution in [1.29, 1.82) is 0 Å². The summed E-state index contributed by atoms with van der Waals surface area (Å²) in [6, 6.07) is 0. The topological polar surface area (TPSA) is 57.5 Å². The van der Waals surface area contributed by atoms with E-state index in [-0.39, 0.29) is 0 Å². The Morgan fingerprint density at radius 2 is 1.20 bits per heavy atom. The molecule has 3 heteroatoms. The van der Waals surface area contributed by atoms with E-state index in [0.29, 0.717) is 12.2 Å². The third-order valence-electron chi connectivity index (χ3n) is 3.65. The lowest BCUT2D eigenvalue weighted by Gasteiger charge is -2.02. The number of aliphatic carboxylic acids is 1. The van der Waals surface area contributed by atoms with E-state index < -0.39 is 5.97 Å². The van der Waals surface area contributed by atoms with Crippen molar-refractivity contribution in [3.63, 3.8) is 0 Å². The summed E-state index contributed by atoms with van der Waals surface area (Å²) in [5, 5.41) is 17.3. The maximum Gasteiger partial charge on any atom is 0.330 e. The lowest BCUT2D eigenvalue weighted by atomic mass is 10.0. The molecule has 0 fully saturated rings. The predicted molar refractivity (Wildman–Crippen MR) is 83.9 cm³/mol. The first kappa shape index (κ1) is 19.2. The van der Waals surface area contributed by atoms with E-state index in [1.807, 2.05) is 6.08 Å². The first-order valence-corrected chi connectivity index (χ1v) is 8.19. The van der Waals surface area contributed by atoms with Gasteiger partial charge in [0.05, 0.1) is 0 Å². The molecule has 0 unspecified atom stereocenters. The second kappa shape index (κ2) is 14.6. The van der Waals surface area contributed by atoms with E-state index in [1.165, 1.54) is 57.8 Å². The van der Waals surface area contributed by atoms with Crippen LogP contribution in [0.5, 0.6) is 0 Å². The van der Waals surface area contributed by atoms with Gasteiger partial charge in [-0.1, -0.05) is 63.9 Å². The van der Waals surface area contributed by atoms with Gasteiger partial charge in [0.15, 0.2) is 0 Å². The number of hydrogen-bond donors (Lipinski definition) is 2. The Bertz CT molecular complexity index is 259. The molecule has 0 rings (SSSR count). The molecule has 0 aliphatic carbocycles. The summed E-state index contributed by atoms with van der Waals surface area (Å²) in [6.07, 6.45) is 16.3. The molecule has 0 saturated heterocycles. The van der Waals surface area contributed by atoms with Crippen LogP contribution in [0.3, 0.4) is 0 Å². The number of rotatable bonds is 14. The van der Waals surface area contributed by atoms with Crippen LogP contribution in [0.2, 0.25) is 0 Å². The fourth-order valence-electron chi connectivity index (χ4n) is 2.25. The Hall–Kier alpha value is -0.830. The highest BCUT2D eigenvalue weighted by atomic mass is 16.4. The number of hydrogen-bond acceptors (Lipinski definition) is 2. The van der Waals surface area contributed by atoms with Crippen molar-refractivity contribution in [2.24, 2.45) is 0 Å². The Balaban J connectivity index is 3.14. The van der Waals surface area contributed by atoms with Crippen molar-refractivity contribution < 1.29 is 15.0 Å². The predicted octanol–water partition coefficient (Wildman–Crippen LogP) is 4.69. The molecular formula is C17H32O3. The van der Waals surface area contributed by atoms with Gasteiger partial charge in [-0.25, -0.2) is 4.79 Å². The van der Waals surface area contributed by atoms with Gasteiger partial charge in [0.25, 0.3) is 0 Å². The summed E-state index contributed by atoms with van der Waals surface area (Å²) in [6.45, 7) is 1.99. The van der Waals surface area contributed by atoms with Crippen molar-refractivity contribution in [2.75, 3.05) is 6.61 Å². The lowest BCUT2D eigenvalue weighted by Crippen LogP contribution is -1.95. The van der Waals surface area contributed by atoms with Crippen molar-refractivity contribution in [2.45, 2.75) is 84.0 Å². The first-order valence-electron chi connectivity index (χ1n) is 8.19. The molecule has 0 saturated carbocycles. The molecule has 0 aromatic heterocycles. The second-order valence-corrected chi connectivity index (χ2v) is 5.59. The minimum Gasteiger partial charge on any atom is -0.478 e. The van der Waals surface area contributed by atoms with Crippen LogP contribution in [0.15, 0.2) is 11.6 Å². The third kappa shape index (κ3) is 13.6. The summed E-state index contributed by atoms with van der Waals surface area (Å²) in [4.78, 5) is 10.6. The van der Waals surface area contributed by atoms with E-state index in [1.54, 1.807) is 6.92 Å². The SMILES string of the molecule is CC(=CCCCCCCCCCCCCCO)C(=O)O. The molecule has 0 bridgehead atoms. The summed E-state index contributed by atoms with van der Waals surface area (Å²) in [5.74, 6) is -0.802. The molecule has 0 aliphatic rings. The maximum absolute atomic E-state index is 10.6. The van der Waals surface area contributed by atoms with Gasteiger partial charge in [-0.3, -0.25) is 0 Å². The van der Waals surface area contributed by atoms with E-state index in [2.05, 4.69) is 0 Å². The zero-order valence-electron chi connectivity index (χ0n) is 13.1. The number of aliphatic hydroxyl groups is 1. The van der Waals surface area contributed by atoms with Gasteiger partial charge >= 0.3 is 5.97 Å². The molecule has 2 N–H and O–H groups in total. The van der Waals surface area contributed by atoms with E-state index in [9.17, 15) is 4.79 Å². The molecule has 0 heterocycles. The average Bonchev–Trinajstić information content (AvgIpc) is 2.43. The Morgan fingerprint density at radius 1 is 0.800 bits per heavy atom. The van der Waals surface area contributed by atoms with Gasteiger partial charge in [0.2, 0.25) is 0 Å². The van der Waals surface area contributed by atoms with Crippen molar-refractivity contribution >= 4 is 5.97 Å². The van der Waals surface area contributed by atoms with Crippen LogP contribution in [0, 0.1) is 0 Å². The third-order valence-corrected chi connectivity index (χ3v) is 3.65. The van der Waals surface area contributed by atoms with Crippen LogP contribution in [0.4, 0.5) is 0 Å². The Labute approximate surface area is 124 Å². The summed E-state index contributed by atoms with van der Waals surface area (Å²) in [5.41, 5.74) is 0.464. The van der Waals surface area contributed by atoms with Crippen LogP contribution in [0.25, 0.3) is 0 Å². The van der Waals surface area contributed by atoms with E-state index in [4.69, 9.17) is 10.2 Å². The standard InChI is InChI=1S/C17H32O3/c1-16(17(19)20)14-12-10-8-6-4-2-3-5-7-9-11-13-15-18/h14,18H,2-13,15H2,1H3,(H,19,20). The van der Waals surface area contributed by atoms with Gasteiger partial charge in [-0.15, -0.1) is 0 Å². The van der Waals surface area contributed by atoms with Crippen molar-refractivity contribution in [3.8, 4) is 0 Å². The number of carboxylic acids is 1. The summed E-state index contributed by atoms with van der Waals surface area (Å²) in [7, 11) is 0. The van der Waals surface area contributed by atoms with Crippen LogP contribution in [-0.4, -0.2) is 22.8 Å². The van der Waals surface area contributed by atoms with Crippen molar-refractivity contribution in [3.05, 3.63) is 11.6 Å². The van der Waals surface area contributed by atoms with Gasteiger partial charge in [0.1, 0.15) is 0 Å². The quantitative estimate of drug-likeness (QED) is 0.359. The fourth-order valence-corrected chi connectivity index (χ4v) is 2.25. The molecule has 0 aromatic rings. The molecule has 0 aromatic carbocycles. The van der Waals surface area contributed by atoms with Crippen LogP contribution < -0.4 is 0 Å². The first-order chi connectivity index (χ1) is 9.68. The lowest BCUT2D eigenvalue weighted by molar-refractivity contribution is -0.132. The maximum atomic E-state index is 10.6. The number of carbonyl (C=O) groups is 1. The highest BCUT2D eigenvalue weighted by molar-refractivity contribution is 5.85. The normalized spacial score (nSPS) is 11.8. The largest absolute Gasteiger partial charge is 0.478 e. The molecule has 118 valence electrons. The molecule has 0 spiro atoms. The monoisotopic (exact) mass is 284 g/mol.